The van der Waals surface area contributed by atoms with Crippen molar-refractivity contribution >= 4 is 68.4 Å². The molecule has 0 N–H and O–H groups in total. The van der Waals surface area contributed by atoms with Gasteiger partial charge in [0.25, 0.3) is 0 Å². The topological polar surface area (TPSA) is 36.4 Å². The van der Waals surface area contributed by atoms with E-state index in [0.717, 1.165) is 45.5 Å². The van der Waals surface area contributed by atoms with E-state index in [0.29, 0.717) is 13.0 Å². The molecule has 0 aliphatic carbocycles. The zero-order valence-electron chi connectivity index (χ0n) is 18.1. The van der Waals surface area contributed by atoms with Gasteiger partial charge in [0.1, 0.15) is 0 Å². The van der Waals surface area contributed by atoms with E-state index in [1.54, 1.807) is 23.1 Å². The molecular formula is C23H29Cl2N3OS2. The minimum Gasteiger partial charge on any atom is -0.308 e. The number of nitrogens with zero attached hydrogens (tertiary/aromatic N) is 3. The average Bonchev–Trinajstić information content (AvgIpc) is 3.16. The Kier molecular flexibility index (Phi) is 10.6. The van der Waals surface area contributed by atoms with Gasteiger partial charge in [0.05, 0.1) is 10.2 Å². The van der Waals surface area contributed by atoms with Gasteiger partial charge in [0.2, 0.25) is 5.91 Å². The first-order valence-corrected chi connectivity index (χ1v) is 12.4. The number of fused-ring (bicyclic) bond motifs is 1. The van der Waals surface area contributed by atoms with Crippen LogP contribution in [0.4, 0.5) is 5.13 Å². The second-order valence-corrected chi connectivity index (χ2v) is 9.98. The number of hydrogen-bond acceptors (Lipinski definition) is 5. The van der Waals surface area contributed by atoms with Crippen molar-refractivity contribution < 1.29 is 4.79 Å². The largest absolute Gasteiger partial charge is 0.308 e. The first-order valence-electron chi connectivity index (χ1n) is 10.2. The van der Waals surface area contributed by atoms with E-state index in [1.165, 1.54) is 10.5 Å². The lowest BCUT2D eigenvalue weighted by molar-refractivity contribution is -0.118. The van der Waals surface area contributed by atoms with Gasteiger partial charge in [-0.25, -0.2) is 4.98 Å². The Labute approximate surface area is 204 Å². The summed E-state index contributed by atoms with van der Waals surface area (Å²) in [4.78, 5) is 23.1. The molecule has 2 aromatic carbocycles. The molecule has 0 atom stereocenters. The number of aryl methyl sites for hydroxylation is 1. The number of carbonyl (C=O) groups is 1. The van der Waals surface area contributed by atoms with E-state index in [1.807, 2.05) is 43.3 Å². The van der Waals surface area contributed by atoms with Crippen LogP contribution < -0.4 is 4.90 Å². The van der Waals surface area contributed by atoms with Crippen molar-refractivity contribution in [3.63, 3.8) is 0 Å². The number of anilines is 1. The van der Waals surface area contributed by atoms with Crippen LogP contribution in [0, 0.1) is 0 Å². The number of para-hydroxylation sites is 1. The summed E-state index contributed by atoms with van der Waals surface area (Å²) in [6, 6.07) is 14.1. The number of rotatable bonds is 10. The lowest BCUT2D eigenvalue weighted by atomic mass is 10.1. The molecular weight excluding hydrogens is 469 g/mol. The Morgan fingerprint density at radius 3 is 2.55 bits per heavy atom. The number of halogens is 2. The van der Waals surface area contributed by atoms with E-state index in [9.17, 15) is 4.79 Å². The lowest BCUT2D eigenvalue weighted by Gasteiger charge is -2.22. The van der Waals surface area contributed by atoms with E-state index >= 15 is 0 Å². The summed E-state index contributed by atoms with van der Waals surface area (Å²) >= 11 is 9.31. The van der Waals surface area contributed by atoms with Gasteiger partial charge in [-0.15, -0.1) is 24.2 Å². The zero-order chi connectivity index (χ0) is 21.5. The maximum absolute atomic E-state index is 13.1. The fourth-order valence-corrected chi connectivity index (χ4v) is 5.14. The molecule has 8 heteroatoms. The molecule has 3 rings (SSSR count). The maximum Gasteiger partial charge on any atom is 0.228 e. The standard InChI is InChI=1S/C23H28ClN3OS2.ClH/c1-4-17-7-5-8-20-22(17)25-23(30-20)27(15-14-26(2)3)21(28)9-6-16-29-19-12-10-18(24)11-13-19;/h5,7-8,10-13H,4,6,9,14-16H2,1-3H3;1H. The fourth-order valence-electron chi connectivity index (χ4n) is 3.10. The van der Waals surface area contributed by atoms with Gasteiger partial charge in [0, 0.05) is 29.4 Å². The molecule has 0 unspecified atom stereocenters. The normalized spacial score (nSPS) is 11.0. The average molecular weight is 499 g/mol. The Morgan fingerprint density at radius 2 is 1.87 bits per heavy atom. The second kappa shape index (κ2) is 12.7. The van der Waals surface area contributed by atoms with Gasteiger partial charge >= 0.3 is 0 Å². The monoisotopic (exact) mass is 497 g/mol. The van der Waals surface area contributed by atoms with Crippen molar-refractivity contribution in [2.75, 3.05) is 37.8 Å². The number of amides is 1. The highest BCUT2D eigenvalue weighted by atomic mass is 35.5. The number of thiazole rings is 1. The van der Waals surface area contributed by atoms with E-state index in [4.69, 9.17) is 16.6 Å². The predicted molar refractivity (Wildman–Crippen MR) is 139 cm³/mol. The van der Waals surface area contributed by atoms with E-state index < -0.39 is 0 Å². The van der Waals surface area contributed by atoms with Crippen molar-refractivity contribution in [3.8, 4) is 0 Å². The van der Waals surface area contributed by atoms with Crippen LogP contribution in [0.3, 0.4) is 0 Å². The quantitative estimate of drug-likeness (QED) is 0.239. The first kappa shape index (κ1) is 25.9. The maximum atomic E-state index is 13.1. The van der Waals surface area contributed by atoms with Crippen LogP contribution in [0.2, 0.25) is 5.02 Å². The van der Waals surface area contributed by atoms with Crippen molar-refractivity contribution in [2.24, 2.45) is 0 Å². The van der Waals surface area contributed by atoms with Crippen molar-refractivity contribution in [1.29, 1.82) is 0 Å². The van der Waals surface area contributed by atoms with Crippen LogP contribution in [0.1, 0.15) is 25.3 Å². The Morgan fingerprint density at radius 1 is 1.13 bits per heavy atom. The van der Waals surface area contributed by atoms with Gasteiger partial charge in [0.15, 0.2) is 5.13 Å². The molecule has 1 heterocycles. The Bertz CT molecular complexity index is 977. The Hall–Kier alpha value is -1.31. The van der Waals surface area contributed by atoms with Gasteiger partial charge in [-0.2, -0.15) is 0 Å². The lowest BCUT2D eigenvalue weighted by Crippen LogP contribution is -2.36. The molecule has 0 radical (unpaired) electrons. The molecule has 0 aliphatic rings. The summed E-state index contributed by atoms with van der Waals surface area (Å²) < 4.78 is 1.14. The summed E-state index contributed by atoms with van der Waals surface area (Å²) in [5.41, 5.74) is 2.26. The smallest absolute Gasteiger partial charge is 0.228 e. The van der Waals surface area contributed by atoms with Crippen LogP contribution in [-0.4, -0.2) is 48.7 Å². The van der Waals surface area contributed by atoms with Crippen LogP contribution in [0.25, 0.3) is 10.2 Å². The molecule has 3 aromatic rings. The minimum atomic E-state index is 0. The first-order chi connectivity index (χ1) is 14.5. The molecule has 0 fully saturated rings. The molecule has 168 valence electrons. The van der Waals surface area contributed by atoms with Gasteiger partial charge in [-0.1, -0.05) is 42.0 Å². The van der Waals surface area contributed by atoms with E-state index in [2.05, 4.69) is 30.0 Å². The third-order valence-corrected chi connectivity index (χ3v) is 7.19. The van der Waals surface area contributed by atoms with Crippen LogP contribution >= 0.6 is 47.1 Å². The number of hydrogen-bond donors (Lipinski definition) is 0. The van der Waals surface area contributed by atoms with Crippen LogP contribution in [0.15, 0.2) is 47.4 Å². The second-order valence-electron chi connectivity index (χ2n) is 7.37. The third-order valence-electron chi connectivity index (χ3n) is 4.79. The fraction of sp³-hybridized carbons (Fsp3) is 0.391. The van der Waals surface area contributed by atoms with Gasteiger partial charge in [-0.3, -0.25) is 9.69 Å². The number of carbonyl (C=O) groups excluding carboxylic acids is 1. The highest BCUT2D eigenvalue weighted by molar-refractivity contribution is 7.99. The minimum absolute atomic E-state index is 0. The SMILES string of the molecule is CCc1cccc2sc(N(CCN(C)C)C(=O)CCCSc3ccc(Cl)cc3)nc12.Cl. The molecule has 4 nitrogen and oxygen atoms in total. The van der Waals surface area contributed by atoms with Gasteiger partial charge < -0.3 is 4.90 Å². The van der Waals surface area contributed by atoms with Crippen molar-refractivity contribution in [3.05, 3.63) is 53.1 Å². The highest BCUT2D eigenvalue weighted by Gasteiger charge is 2.20. The molecule has 31 heavy (non-hydrogen) atoms. The number of likely N-dealkylation sites (N-methyl/N-ethyl adjacent to an activating group) is 1. The van der Waals surface area contributed by atoms with Crippen LogP contribution in [0.5, 0.6) is 0 Å². The number of benzene rings is 2. The predicted octanol–water partition coefficient (Wildman–Crippen LogP) is 6.40. The molecule has 1 amide bonds. The van der Waals surface area contributed by atoms with Crippen molar-refractivity contribution in [1.82, 2.24) is 9.88 Å². The molecule has 0 bridgehead atoms. The summed E-state index contributed by atoms with van der Waals surface area (Å²) in [6.45, 7) is 3.60. The summed E-state index contributed by atoms with van der Waals surface area (Å²) in [5, 5.41) is 1.55. The molecule has 0 saturated carbocycles. The van der Waals surface area contributed by atoms with Crippen molar-refractivity contribution in [2.45, 2.75) is 31.1 Å². The summed E-state index contributed by atoms with van der Waals surface area (Å²) in [5.74, 6) is 1.04. The number of thioether (sulfide) groups is 1. The van der Waals surface area contributed by atoms with Crippen LogP contribution in [-0.2, 0) is 11.2 Å². The number of aromatic nitrogens is 1. The molecule has 1 aromatic heterocycles. The highest BCUT2D eigenvalue weighted by Crippen LogP contribution is 2.31. The third kappa shape index (κ3) is 7.36. The van der Waals surface area contributed by atoms with E-state index in [-0.39, 0.29) is 18.3 Å². The van der Waals surface area contributed by atoms with Gasteiger partial charge in [-0.05, 0) is 68.6 Å². The zero-order valence-corrected chi connectivity index (χ0v) is 21.3. The Balaban J connectivity index is 0.00000341. The molecule has 0 spiro atoms. The summed E-state index contributed by atoms with van der Waals surface area (Å²) in [7, 11) is 4.05. The molecule has 0 aliphatic heterocycles. The summed E-state index contributed by atoms with van der Waals surface area (Å²) in [6.07, 6.45) is 2.29. The molecule has 0 saturated heterocycles.